The van der Waals surface area contributed by atoms with Crippen LogP contribution in [0, 0.1) is 6.92 Å². The molecule has 102 valence electrons. The van der Waals surface area contributed by atoms with Gasteiger partial charge in [-0.25, -0.2) is 0 Å². The molecule has 1 aliphatic rings. The summed E-state index contributed by atoms with van der Waals surface area (Å²) < 4.78 is 7.15. The minimum absolute atomic E-state index is 0.840. The molecule has 1 aliphatic heterocycles. The number of aromatic nitrogens is 2. The lowest BCUT2D eigenvalue weighted by atomic mass is 10.3. The fourth-order valence-electron chi connectivity index (χ4n) is 2.29. The summed E-state index contributed by atoms with van der Waals surface area (Å²) in [7, 11) is 1.77. The molecule has 0 bridgehead atoms. The summed E-state index contributed by atoms with van der Waals surface area (Å²) in [5.41, 5.74) is 1.10. The van der Waals surface area contributed by atoms with E-state index in [0.717, 1.165) is 58.1 Å². The molecule has 1 saturated heterocycles. The number of rotatable bonds is 6. The molecular weight excluding hydrogens is 228 g/mol. The van der Waals surface area contributed by atoms with E-state index in [-0.39, 0.29) is 0 Å². The van der Waals surface area contributed by atoms with Gasteiger partial charge in [-0.1, -0.05) is 0 Å². The van der Waals surface area contributed by atoms with E-state index in [0.29, 0.717) is 0 Å². The van der Waals surface area contributed by atoms with Gasteiger partial charge in [0.05, 0.1) is 18.8 Å². The molecule has 0 radical (unpaired) electrons. The zero-order chi connectivity index (χ0) is 12.8. The molecule has 0 atom stereocenters. The fraction of sp³-hybridized carbons (Fsp3) is 0.769. The van der Waals surface area contributed by atoms with Crippen LogP contribution in [0.15, 0.2) is 12.3 Å². The van der Waals surface area contributed by atoms with Crippen molar-refractivity contribution in [3.05, 3.63) is 18.0 Å². The average Bonchev–Trinajstić information content (AvgIpc) is 2.81. The smallest absolute Gasteiger partial charge is 0.0593 e. The van der Waals surface area contributed by atoms with Gasteiger partial charge in [-0.15, -0.1) is 0 Å². The first-order valence-electron chi connectivity index (χ1n) is 6.71. The second kappa shape index (κ2) is 6.87. The topological polar surface area (TPSA) is 33.5 Å². The van der Waals surface area contributed by atoms with E-state index in [2.05, 4.69) is 27.2 Å². The second-order valence-electron chi connectivity index (χ2n) is 4.90. The largest absolute Gasteiger partial charge is 0.383 e. The van der Waals surface area contributed by atoms with Crippen molar-refractivity contribution in [1.29, 1.82) is 0 Å². The Morgan fingerprint density at radius 2 is 1.78 bits per heavy atom. The summed E-state index contributed by atoms with van der Waals surface area (Å²) in [5.74, 6) is 0. The Morgan fingerprint density at radius 1 is 1.11 bits per heavy atom. The van der Waals surface area contributed by atoms with E-state index >= 15 is 0 Å². The number of ether oxygens (including phenoxy) is 1. The first kappa shape index (κ1) is 13.5. The summed E-state index contributed by atoms with van der Waals surface area (Å²) in [4.78, 5) is 4.98. The first-order chi connectivity index (χ1) is 8.78. The molecule has 0 N–H and O–H groups in total. The molecular formula is C13H24N4O. The molecule has 0 spiro atoms. The Bertz CT molecular complexity index is 345. The lowest BCUT2D eigenvalue weighted by Crippen LogP contribution is -2.47. The monoisotopic (exact) mass is 252 g/mol. The average molecular weight is 252 g/mol. The van der Waals surface area contributed by atoms with Crippen LogP contribution in [0.3, 0.4) is 0 Å². The number of aryl methyl sites for hydroxylation is 1. The second-order valence-corrected chi connectivity index (χ2v) is 4.90. The van der Waals surface area contributed by atoms with Crippen LogP contribution in [-0.4, -0.2) is 72.6 Å². The van der Waals surface area contributed by atoms with Crippen molar-refractivity contribution in [1.82, 2.24) is 19.6 Å². The highest BCUT2D eigenvalue weighted by molar-refractivity contribution is 4.94. The fourth-order valence-corrected chi connectivity index (χ4v) is 2.29. The van der Waals surface area contributed by atoms with Gasteiger partial charge in [0.25, 0.3) is 0 Å². The predicted molar refractivity (Wildman–Crippen MR) is 71.7 cm³/mol. The van der Waals surface area contributed by atoms with Crippen molar-refractivity contribution < 1.29 is 4.74 Å². The summed E-state index contributed by atoms with van der Waals surface area (Å²) in [6.07, 6.45) is 2.06. The van der Waals surface area contributed by atoms with Crippen LogP contribution in [0.4, 0.5) is 0 Å². The van der Waals surface area contributed by atoms with Gasteiger partial charge in [-0.3, -0.25) is 14.5 Å². The minimum Gasteiger partial charge on any atom is -0.383 e. The van der Waals surface area contributed by atoms with Crippen molar-refractivity contribution >= 4 is 0 Å². The molecule has 0 aliphatic carbocycles. The van der Waals surface area contributed by atoms with E-state index in [4.69, 9.17) is 4.74 Å². The van der Waals surface area contributed by atoms with Crippen LogP contribution < -0.4 is 0 Å². The maximum Gasteiger partial charge on any atom is 0.0593 e. The zero-order valence-corrected chi connectivity index (χ0v) is 11.5. The van der Waals surface area contributed by atoms with E-state index in [1.54, 1.807) is 7.11 Å². The highest BCUT2D eigenvalue weighted by atomic mass is 16.5. The minimum atomic E-state index is 0.840. The van der Waals surface area contributed by atoms with E-state index < -0.39 is 0 Å². The molecule has 2 heterocycles. The van der Waals surface area contributed by atoms with Crippen LogP contribution in [0.5, 0.6) is 0 Å². The Morgan fingerprint density at radius 3 is 2.33 bits per heavy atom. The van der Waals surface area contributed by atoms with Gasteiger partial charge < -0.3 is 4.74 Å². The van der Waals surface area contributed by atoms with Crippen molar-refractivity contribution in [2.24, 2.45) is 0 Å². The molecule has 0 unspecified atom stereocenters. The molecule has 18 heavy (non-hydrogen) atoms. The maximum absolute atomic E-state index is 5.11. The number of piperazine rings is 1. The predicted octanol–water partition coefficient (Wildman–Crippen LogP) is 0.456. The van der Waals surface area contributed by atoms with E-state index in [1.807, 2.05) is 11.6 Å². The van der Waals surface area contributed by atoms with E-state index in [1.165, 1.54) is 0 Å². The molecule has 0 aromatic carbocycles. The third kappa shape index (κ3) is 4.08. The molecule has 1 aromatic heterocycles. The molecule has 5 nitrogen and oxygen atoms in total. The Balaban J connectivity index is 1.64. The first-order valence-corrected chi connectivity index (χ1v) is 6.71. The van der Waals surface area contributed by atoms with Crippen molar-refractivity contribution in [2.45, 2.75) is 13.5 Å². The number of hydrogen-bond acceptors (Lipinski definition) is 4. The normalized spacial score (nSPS) is 18.3. The van der Waals surface area contributed by atoms with E-state index in [9.17, 15) is 0 Å². The number of hydrogen-bond donors (Lipinski definition) is 0. The van der Waals surface area contributed by atoms with Crippen molar-refractivity contribution in [3.63, 3.8) is 0 Å². The standard InChI is InChI=1S/C13H24N4O/c1-13-3-4-17(14-13)10-9-15-5-7-16(8-6-15)11-12-18-2/h3-4H,5-12H2,1-2H3. The van der Waals surface area contributed by atoms with Crippen LogP contribution in [0.2, 0.25) is 0 Å². The lowest BCUT2D eigenvalue weighted by molar-refractivity contribution is 0.0948. The molecule has 1 aromatic rings. The van der Waals surface area contributed by atoms with Gasteiger partial charge in [0.15, 0.2) is 0 Å². The van der Waals surface area contributed by atoms with Crippen LogP contribution in [0.25, 0.3) is 0 Å². The lowest BCUT2D eigenvalue weighted by Gasteiger charge is -2.34. The third-order valence-electron chi connectivity index (χ3n) is 3.50. The Kier molecular flexibility index (Phi) is 5.16. The van der Waals surface area contributed by atoms with Crippen LogP contribution >= 0.6 is 0 Å². The summed E-state index contributed by atoms with van der Waals surface area (Å²) in [6, 6.07) is 2.06. The Labute approximate surface area is 109 Å². The summed E-state index contributed by atoms with van der Waals surface area (Å²) in [6.45, 7) is 10.6. The molecule has 0 amide bonds. The third-order valence-corrected chi connectivity index (χ3v) is 3.50. The molecule has 2 rings (SSSR count). The van der Waals surface area contributed by atoms with Gasteiger partial charge in [0.2, 0.25) is 0 Å². The van der Waals surface area contributed by atoms with Crippen LogP contribution in [0.1, 0.15) is 5.69 Å². The quantitative estimate of drug-likeness (QED) is 0.736. The highest BCUT2D eigenvalue weighted by Crippen LogP contribution is 2.02. The molecule has 1 fully saturated rings. The number of methoxy groups -OCH3 is 1. The van der Waals surface area contributed by atoms with Gasteiger partial charge in [0, 0.05) is 52.6 Å². The molecule has 0 saturated carbocycles. The van der Waals surface area contributed by atoms with Crippen LogP contribution in [-0.2, 0) is 11.3 Å². The highest BCUT2D eigenvalue weighted by Gasteiger charge is 2.15. The summed E-state index contributed by atoms with van der Waals surface area (Å²) in [5, 5.41) is 4.41. The van der Waals surface area contributed by atoms with Gasteiger partial charge in [-0.2, -0.15) is 5.10 Å². The van der Waals surface area contributed by atoms with Gasteiger partial charge >= 0.3 is 0 Å². The van der Waals surface area contributed by atoms with Gasteiger partial charge in [-0.05, 0) is 13.0 Å². The van der Waals surface area contributed by atoms with Crippen molar-refractivity contribution in [3.8, 4) is 0 Å². The Hall–Kier alpha value is -0.910. The molecule has 5 heteroatoms. The van der Waals surface area contributed by atoms with Gasteiger partial charge in [0.1, 0.15) is 0 Å². The van der Waals surface area contributed by atoms with Crippen molar-refractivity contribution in [2.75, 3.05) is 53.0 Å². The summed E-state index contributed by atoms with van der Waals surface area (Å²) >= 11 is 0. The SMILES string of the molecule is COCCN1CCN(CCn2ccc(C)n2)CC1. The number of nitrogens with zero attached hydrogens (tertiary/aromatic N) is 4. The zero-order valence-electron chi connectivity index (χ0n) is 11.5. The maximum atomic E-state index is 5.11.